The molecule has 1 atom stereocenters. The molecule has 2 heteroatoms. The lowest BCUT2D eigenvalue weighted by molar-refractivity contribution is 0.296. The Morgan fingerprint density at radius 2 is 2.50 bits per heavy atom. The Balaban J connectivity index is 3.14. The van der Waals surface area contributed by atoms with Crippen LogP contribution in [-0.4, -0.2) is 7.11 Å². The summed E-state index contributed by atoms with van der Waals surface area (Å²) in [6, 6.07) is 0. The maximum atomic E-state index is 13.8. The molecule has 0 N–H and O–H groups in total. The second kappa shape index (κ2) is 4.83. The van der Waals surface area contributed by atoms with Crippen LogP contribution in [0.3, 0.4) is 0 Å². The fourth-order valence-electron chi connectivity index (χ4n) is 1.44. The van der Waals surface area contributed by atoms with Crippen molar-refractivity contribution in [3.8, 4) is 0 Å². The molecule has 0 heterocycles. The summed E-state index contributed by atoms with van der Waals surface area (Å²) >= 11 is 0. The van der Waals surface area contributed by atoms with Crippen molar-refractivity contribution in [1.29, 1.82) is 0 Å². The van der Waals surface area contributed by atoms with Crippen LogP contribution < -0.4 is 0 Å². The maximum Gasteiger partial charge on any atom is 0.167 e. The Bertz CT molecular complexity index is 319. The Morgan fingerprint density at radius 3 is 3.07 bits per heavy atom. The lowest BCUT2D eigenvalue weighted by Gasteiger charge is -2.10. The molecule has 0 aromatic carbocycles. The second-order valence-electron chi connectivity index (χ2n) is 3.34. The summed E-state index contributed by atoms with van der Waals surface area (Å²) < 4.78 is 18.9. The quantitative estimate of drug-likeness (QED) is 0.493. The maximum absolute atomic E-state index is 13.8. The predicted octanol–water partition coefficient (Wildman–Crippen LogP) is 3.51. The number of ether oxygens (including phenoxy) is 1. The molecule has 14 heavy (non-hydrogen) atoms. The van der Waals surface area contributed by atoms with Crippen molar-refractivity contribution in [3.63, 3.8) is 0 Å². The molecule has 0 bridgehead atoms. The molecule has 1 aliphatic rings. The average Bonchev–Trinajstić information content (AvgIpc) is 2.31. The molecule has 1 unspecified atom stereocenters. The summed E-state index contributed by atoms with van der Waals surface area (Å²) in [7, 11) is 1.53. The van der Waals surface area contributed by atoms with Crippen LogP contribution in [0.25, 0.3) is 0 Å². The third-order valence-corrected chi connectivity index (χ3v) is 2.25. The van der Waals surface area contributed by atoms with Gasteiger partial charge in [0.25, 0.3) is 0 Å². The largest absolute Gasteiger partial charge is 0.489 e. The fraction of sp³-hybridized carbons (Fsp3) is 0.417. The topological polar surface area (TPSA) is 9.23 Å². The van der Waals surface area contributed by atoms with Gasteiger partial charge in [0, 0.05) is 11.5 Å². The minimum atomic E-state index is -0.108. The third kappa shape index (κ3) is 2.15. The van der Waals surface area contributed by atoms with Crippen LogP contribution in [0.4, 0.5) is 4.39 Å². The van der Waals surface area contributed by atoms with Gasteiger partial charge in [-0.05, 0) is 18.9 Å². The first-order chi connectivity index (χ1) is 6.70. The molecular formula is C12H15FO. The summed E-state index contributed by atoms with van der Waals surface area (Å²) in [4.78, 5) is 0. The zero-order valence-electron chi connectivity index (χ0n) is 8.64. The van der Waals surface area contributed by atoms with Crippen molar-refractivity contribution >= 4 is 0 Å². The number of halogens is 1. The molecule has 0 saturated heterocycles. The monoisotopic (exact) mass is 194 g/mol. The predicted molar refractivity (Wildman–Crippen MR) is 55.3 cm³/mol. The molecule has 0 spiro atoms. The average molecular weight is 194 g/mol. The van der Waals surface area contributed by atoms with Gasteiger partial charge in [0.15, 0.2) is 5.76 Å². The lowest BCUT2D eigenvalue weighted by Crippen LogP contribution is -1.99. The van der Waals surface area contributed by atoms with E-state index in [4.69, 9.17) is 4.74 Å². The van der Waals surface area contributed by atoms with Crippen molar-refractivity contribution in [1.82, 2.24) is 0 Å². The van der Waals surface area contributed by atoms with Gasteiger partial charge in [-0.2, -0.15) is 0 Å². The summed E-state index contributed by atoms with van der Waals surface area (Å²) in [6.45, 7) is 5.46. The number of methoxy groups -OCH3 is 1. The molecule has 1 aliphatic carbocycles. The highest BCUT2D eigenvalue weighted by atomic mass is 19.1. The van der Waals surface area contributed by atoms with Gasteiger partial charge in [0.1, 0.15) is 5.83 Å². The SMILES string of the molecule is C=CCC1=C(F)C(C)CC=C=C1OC. The zero-order valence-corrected chi connectivity index (χ0v) is 8.64. The van der Waals surface area contributed by atoms with Gasteiger partial charge in [0.2, 0.25) is 0 Å². The molecule has 76 valence electrons. The van der Waals surface area contributed by atoms with Gasteiger partial charge in [0.05, 0.1) is 7.11 Å². The molecule has 1 rings (SSSR count). The van der Waals surface area contributed by atoms with E-state index in [1.165, 1.54) is 7.11 Å². The molecule has 0 aromatic rings. The fourth-order valence-corrected chi connectivity index (χ4v) is 1.44. The second-order valence-corrected chi connectivity index (χ2v) is 3.34. The van der Waals surface area contributed by atoms with Gasteiger partial charge < -0.3 is 4.74 Å². The summed E-state index contributed by atoms with van der Waals surface area (Å²) in [5.74, 6) is 0.292. The minimum Gasteiger partial charge on any atom is -0.489 e. The summed E-state index contributed by atoms with van der Waals surface area (Å²) in [5.41, 5.74) is 3.52. The van der Waals surface area contributed by atoms with Crippen molar-refractivity contribution in [3.05, 3.63) is 41.6 Å². The van der Waals surface area contributed by atoms with Crippen LogP contribution in [-0.2, 0) is 4.74 Å². The van der Waals surface area contributed by atoms with E-state index in [1.54, 1.807) is 6.08 Å². The van der Waals surface area contributed by atoms with Crippen molar-refractivity contribution in [2.24, 2.45) is 5.92 Å². The Labute approximate surface area is 84.3 Å². The Hall–Kier alpha value is -1.27. The number of hydrogen-bond acceptors (Lipinski definition) is 1. The highest BCUT2D eigenvalue weighted by Gasteiger charge is 2.18. The van der Waals surface area contributed by atoms with Gasteiger partial charge in [-0.25, -0.2) is 4.39 Å². The molecule has 0 saturated carbocycles. The van der Waals surface area contributed by atoms with E-state index in [-0.39, 0.29) is 11.7 Å². The number of allylic oxidation sites excluding steroid dienone is 3. The first kappa shape index (κ1) is 10.8. The Kier molecular flexibility index (Phi) is 3.73. The van der Waals surface area contributed by atoms with Gasteiger partial charge in [-0.15, -0.1) is 6.58 Å². The first-order valence-corrected chi connectivity index (χ1v) is 4.69. The Morgan fingerprint density at radius 1 is 1.79 bits per heavy atom. The molecule has 0 aliphatic heterocycles. The van der Waals surface area contributed by atoms with Crippen LogP contribution in [0, 0.1) is 5.92 Å². The first-order valence-electron chi connectivity index (χ1n) is 4.69. The molecule has 0 fully saturated rings. The standard InChI is InChI=1S/C12H15FO/c1-4-6-10-11(14-3)8-5-7-9(2)12(10)13/h4-5,9H,1,6-7H2,2-3H3. The molecule has 0 radical (unpaired) electrons. The van der Waals surface area contributed by atoms with Crippen LogP contribution in [0.5, 0.6) is 0 Å². The van der Waals surface area contributed by atoms with Gasteiger partial charge >= 0.3 is 0 Å². The van der Waals surface area contributed by atoms with Crippen LogP contribution >= 0.6 is 0 Å². The molecule has 0 aromatic heterocycles. The van der Waals surface area contributed by atoms with E-state index < -0.39 is 0 Å². The van der Waals surface area contributed by atoms with Crippen LogP contribution in [0.1, 0.15) is 19.8 Å². The number of hydrogen-bond donors (Lipinski definition) is 0. The van der Waals surface area contributed by atoms with E-state index in [0.29, 0.717) is 24.2 Å². The summed E-state index contributed by atoms with van der Waals surface area (Å²) in [6.07, 6.45) is 4.65. The van der Waals surface area contributed by atoms with E-state index in [1.807, 2.05) is 13.0 Å². The van der Waals surface area contributed by atoms with Crippen LogP contribution in [0.15, 0.2) is 41.6 Å². The van der Waals surface area contributed by atoms with Crippen molar-refractivity contribution < 1.29 is 9.13 Å². The van der Waals surface area contributed by atoms with Crippen molar-refractivity contribution in [2.45, 2.75) is 19.8 Å². The lowest BCUT2D eigenvalue weighted by atomic mass is 10.0. The highest BCUT2D eigenvalue weighted by molar-refractivity contribution is 5.32. The smallest absolute Gasteiger partial charge is 0.167 e. The minimum absolute atomic E-state index is 0.0925. The molecular weight excluding hydrogens is 179 g/mol. The summed E-state index contributed by atoms with van der Waals surface area (Å²) in [5, 5.41) is 0. The van der Waals surface area contributed by atoms with E-state index in [2.05, 4.69) is 12.3 Å². The molecule has 0 amide bonds. The third-order valence-electron chi connectivity index (χ3n) is 2.25. The van der Waals surface area contributed by atoms with Gasteiger partial charge in [-0.1, -0.05) is 18.7 Å². The van der Waals surface area contributed by atoms with Crippen LogP contribution in [0.2, 0.25) is 0 Å². The normalized spacial score (nSPS) is 21.6. The van der Waals surface area contributed by atoms with Crippen molar-refractivity contribution in [2.75, 3.05) is 7.11 Å². The highest BCUT2D eigenvalue weighted by Crippen LogP contribution is 2.29. The molecule has 1 nitrogen and oxygen atoms in total. The number of rotatable bonds is 3. The van der Waals surface area contributed by atoms with E-state index in [9.17, 15) is 4.39 Å². The zero-order chi connectivity index (χ0) is 10.6. The van der Waals surface area contributed by atoms with Gasteiger partial charge in [-0.3, -0.25) is 0 Å². The van der Waals surface area contributed by atoms with E-state index >= 15 is 0 Å². The van der Waals surface area contributed by atoms with E-state index in [0.717, 1.165) is 0 Å².